The topological polar surface area (TPSA) is 60.4 Å². The normalized spacial score (nSPS) is 12.2. The fraction of sp³-hybridized carbons (Fsp3) is 0.889. The molecule has 0 aromatic carbocycles. The Kier molecular flexibility index (Phi) is 30.3. The van der Waals surface area contributed by atoms with Gasteiger partial charge >= 0.3 is 29.6 Å². The Morgan fingerprint density at radius 3 is 1.23 bits per heavy atom. The van der Waals surface area contributed by atoms with Crippen molar-refractivity contribution in [3.63, 3.8) is 0 Å². The van der Waals surface area contributed by atoms with E-state index in [-0.39, 0.29) is 29.6 Å². The van der Waals surface area contributed by atoms with Crippen molar-refractivity contribution in [2.24, 2.45) is 0 Å². The molecule has 0 rings (SSSR count). The number of aliphatic hydroxyl groups is 1. The van der Waals surface area contributed by atoms with Gasteiger partial charge < -0.3 is 15.0 Å². The smallest absolute Gasteiger partial charge is 0.545 e. The van der Waals surface area contributed by atoms with Crippen LogP contribution in [0.15, 0.2) is 12.2 Å². The molecule has 0 heterocycles. The molecule has 4 heteroatoms. The first-order chi connectivity index (χ1) is 14.7. The summed E-state index contributed by atoms with van der Waals surface area (Å²) in [6.07, 6.45) is 30.9. The number of hydrogen-bond donors (Lipinski definition) is 1. The van der Waals surface area contributed by atoms with Crippen LogP contribution in [0.4, 0.5) is 0 Å². The van der Waals surface area contributed by atoms with Gasteiger partial charge in [-0.25, -0.2) is 0 Å². The summed E-state index contributed by atoms with van der Waals surface area (Å²) in [7, 11) is 0. The predicted molar refractivity (Wildman–Crippen MR) is 127 cm³/mol. The van der Waals surface area contributed by atoms with Crippen molar-refractivity contribution in [1.29, 1.82) is 0 Å². The molecule has 0 aliphatic rings. The maximum absolute atomic E-state index is 10.3. The second-order valence-electron chi connectivity index (χ2n) is 9.11. The van der Waals surface area contributed by atoms with E-state index in [0.717, 1.165) is 18.9 Å². The fourth-order valence-corrected chi connectivity index (χ4v) is 4.07. The average Bonchev–Trinajstić information content (AvgIpc) is 2.73. The molecule has 0 saturated carbocycles. The molecule has 0 saturated heterocycles. The SMILES string of the molecule is CCCCCCCCCCCCCCCCCCCCCCCC(O)C=CC(=O)[O-].[Na+]. The van der Waals surface area contributed by atoms with Crippen LogP contribution in [0.25, 0.3) is 0 Å². The van der Waals surface area contributed by atoms with E-state index in [9.17, 15) is 15.0 Å². The number of rotatable bonds is 24. The molecule has 0 fully saturated rings. The Labute approximate surface area is 216 Å². The van der Waals surface area contributed by atoms with Crippen molar-refractivity contribution >= 4 is 5.97 Å². The van der Waals surface area contributed by atoms with E-state index < -0.39 is 12.1 Å². The Balaban J connectivity index is 0. The largest absolute Gasteiger partial charge is 1.00 e. The summed E-state index contributed by atoms with van der Waals surface area (Å²) in [4.78, 5) is 10.3. The molecule has 0 aliphatic heterocycles. The van der Waals surface area contributed by atoms with Crippen LogP contribution in [0, 0.1) is 0 Å². The first-order valence-corrected chi connectivity index (χ1v) is 13.2. The molecule has 0 spiro atoms. The van der Waals surface area contributed by atoms with Crippen molar-refractivity contribution in [3.8, 4) is 0 Å². The van der Waals surface area contributed by atoms with E-state index in [4.69, 9.17) is 0 Å². The van der Waals surface area contributed by atoms with Crippen LogP contribution in [0.5, 0.6) is 0 Å². The van der Waals surface area contributed by atoms with Crippen molar-refractivity contribution in [2.45, 2.75) is 154 Å². The molecule has 0 amide bonds. The summed E-state index contributed by atoms with van der Waals surface area (Å²) >= 11 is 0. The fourth-order valence-electron chi connectivity index (χ4n) is 4.07. The van der Waals surface area contributed by atoms with Gasteiger partial charge in [0.15, 0.2) is 0 Å². The number of carbonyl (C=O) groups is 1. The first-order valence-electron chi connectivity index (χ1n) is 13.2. The van der Waals surface area contributed by atoms with Gasteiger partial charge in [-0.15, -0.1) is 0 Å². The summed E-state index contributed by atoms with van der Waals surface area (Å²) in [6.45, 7) is 2.28. The first kappa shape index (κ1) is 33.3. The van der Waals surface area contributed by atoms with Crippen LogP contribution in [0.1, 0.15) is 148 Å². The molecule has 0 radical (unpaired) electrons. The zero-order valence-electron chi connectivity index (χ0n) is 21.1. The number of carboxylic acids is 1. The third-order valence-electron chi connectivity index (χ3n) is 6.06. The van der Waals surface area contributed by atoms with Gasteiger partial charge in [-0.3, -0.25) is 0 Å². The minimum absolute atomic E-state index is 0. The Morgan fingerprint density at radius 1 is 0.645 bits per heavy atom. The van der Waals surface area contributed by atoms with Crippen LogP contribution in [0.3, 0.4) is 0 Å². The molecule has 1 N–H and O–H groups in total. The summed E-state index contributed by atoms with van der Waals surface area (Å²) in [5.74, 6) is -1.24. The maximum atomic E-state index is 10.3. The molecule has 1 atom stereocenters. The molecule has 1 unspecified atom stereocenters. The van der Waals surface area contributed by atoms with Gasteiger partial charge in [0.25, 0.3) is 0 Å². The monoisotopic (exact) mass is 446 g/mol. The molecule has 0 aromatic rings. The van der Waals surface area contributed by atoms with Gasteiger partial charge in [0.2, 0.25) is 0 Å². The van der Waals surface area contributed by atoms with E-state index in [2.05, 4.69) is 6.92 Å². The van der Waals surface area contributed by atoms with Gasteiger partial charge in [-0.05, 0) is 12.5 Å². The van der Waals surface area contributed by atoms with E-state index in [1.165, 1.54) is 128 Å². The molecule has 0 aromatic heterocycles. The molecule has 3 nitrogen and oxygen atoms in total. The van der Waals surface area contributed by atoms with E-state index in [1.807, 2.05) is 0 Å². The molecular formula is C27H51NaO3. The maximum Gasteiger partial charge on any atom is 1.00 e. The van der Waals surface area contributed by atoms with Crippen LogP contribution >= 0.6 is 0 Å². The Hall–Kier alpha value is 0.170. The van der Waals surface area contributed by atoms with Crippen molar-refractivity contribution in [2.75, 3.05) is 0 Å². The van der Waals surface area contributed by atoms with Crippen molar-refractivity contribution in [1.82, 2.24) is 0 Å². The van der Waals surface area contributed by atoms with E-state index >= 15 is 0 Å². The van der Waals surface area contributed by atoms with Crippen molar-refractivity contribution < 1.29 is 44.6 Å². The van der Waals surface area contributed by atoms with Crippen LogP contribution < -0.4 is 34.7 Å². The van der Waals surface area contributed by atoms with Gasteiger partial charge in [-0.1, -0.05) is 148 Å². The quantitative estimate of drug-likeness (QED) is 0.137. The van der Waals surface area contributed by atoms with Gasteiger partial charge in [0.1, 0.15) is 0 Å². The van der Waals surface area contributed by atoms with E-state index in [0.29, 0.717) is 6.42 Å². The number of aliphatic carboxylic acids is 1. The predicted octanol–water partition coefficient (Wildman–Crippen LogP) is 4.26. The van der Waals surface area contributed by atoms with Crippen LogP contribution in [-0.4, -0.2) is 17.2 Å². The van der Waals surface area contributed by atoms with Gasteiger partial charge in [0.05, 0.1) is 12.1 Å². The standard InChI is InChI=1S/C27H52O3.Na/c1-2-3-4-5-6-7-8-9-10-11-12-13-14-15-16-17-18-19-20-21-22-23-26(28)24-25-27(29)30;/h24-26,28H,2-23H2,1H3,(H,29,30);/q;+1/p-1. The molecule has 31 heavy (non-hydrogen) atoms. The minimum Gasteiger partial charge on any atom is -0.545 e. The molecule has 0 aliphatic carbocycles. The Bertz CT molecular complexity index is 385. The van der Waals surface area contributed by atoms with Crippen molar-refractivity contribution in [3.05, 3.63) is 12.2 Å². The number of hydrogen-bond acceptors (Lipinski definition) is 3. The summed E-state index contributed by atoms with van der Waals surface area (Å²) in [6, 6.07) is 0. The Morgan fingerprint density at radius 2 is 0.935 bits per heavy atom. The zero-order valence-corrected chi connectivity index (χ0v) is 23.1. The summed E-state index contributed by atoms with van der Waals surface area (Å²) in [5.41, 5.74) is 0. The van der Waals surface area contributed by atoms with Crippen LogP contribution in [-0.2, 0) is 4.79 Å². The molecule has 178 valence electrons. The second kappa shape index (κ2) is 28.2. The summed E-state index contributed by atoms with van der Waals surface area (Å²) in [5, 5.41) is 19.8. The van der Waals surface area contributed by atoms with Gasteiger partial charge in [0, 0.05) is 0 Å². The third-order valence-corrected chi connectivity index (χ3v) is 6.06. The van der Waals surface area contributed by atoms with Crippen LogP contribution in [0.2, 0.25) is 0 Å². The summed E-state index contributed by atoms with van der Waals surface area (Å²) < 4.78 is 0. The van der Waals surface area contributed by atoms with E-state index in [1.54, 1.807) is 0 Å². The number of carbonyl (C=O) groups excluding carboxylic acids is 1. The molecule has 0 bridgehead atoms. The number of aliphatic hydroxyl groups excluding tert-OH is 1. The van der Waals surface area contributed by atoms with Gasteiger partial charge in [-0.2, -0.15) is 0 Å². The second-order valence-corrected chi connectivity index (χ2v) is 9.11. The minimum atomic E-state index is -1.24. The zero-order chi connectivity index (χ0) is 22.1. The number of carboxylic acid groups (broad SMARTS) is 1. The third kappa shape index (κ3) is 30.2. The average molecular weight is 447 g/mol. The molecular weight excluding hydrogens is 395 g/mol. The number of unbranched alkanes of at least 4 members (excludes halogenated alkanes) is 20.